The highest BCUT2D eigenvalue weighted by molar-refractivity contribution is 7.80. The molecule has 0 bridgehead atoms. The summed E-state index contributed by atoms with van der Waals surface area (Å²) in [5.41, 5.74) is 3.56. The molecule has 1 aliphatic rings. The molecule has 0 amide bonds. The molecule has 1 heterocycles. The summed E-state index contributed by atoms with van der Waals surface area (Å²) in [6.07, 6.45) is 0. The van der Waals surface area contributed by atoms with Gasteiger partial charge < -0.3 is 20.1 Å². The molecule has 0 aromatic heterocycles. The first-order valence-corrected chi connectivity index (χ1v) is 9.31. The molecule has 26 heavy (non-hydrogen) atoms. The predicted octanol–water partition coefficient (Wildman–Crippen LogP) is 4.80. The smallest absolute Gasteiger partial charge is 0.171 e. The van der Waals surface area contributed by atoms with Gasteiger partial charge in [-0.15, -0.1) is 0 Å². The van der Waals surface area contributed by atoms with Crippen LogP contribution >= 0.6 is 12.2 Å². The van der Waals surface area contributed by atoms with Gasteiger partial charge in [-0.25, -0.2) is 0 Å². The fourth-order valence-electron chi connectivity index (χ4n) is 2.84. The van der Waals surface area contributed by atoms with Crippen molar-refractivity contribution in [1.82, 2.24) is 5.32 Å². The van der Waals surface area contributed by atoms with Crippen LogP contribution in [0.2, 0.25) is 0 Å². The van der Waals surface area contributed by atoms with E-state index >= 15 is 0 Å². The second kappa shape index (κ2) is 7.54. The van der Waals surface area contributed by atoms with Gasteiger partial charge >= 0.3 is 0 Å². The number of benzene rings is 2. The second-order valence-corrected chi connectivity index (χ2v) is 7.96. The molecular weight excluding hydrogens is 344 g/mol. The Morgan fingerprint density at radius 1 is 1.00 bits per heavy atom. The van der Waals surface area contributed by atoms with E-state index in [4.69, 9.17) is 21.7 Å². The summed E-state index contributed by atoms with van der Waals surface area (Å²) < 4.78 is 11.1. The third-order valence-electron chi connectivity index (χ3n) is 4.42. The third kappa shape index (κ3) is 4.47. The Balaban J connectivity index is 1.61. The first-order valence-electron chi connectivity index (χ1n) is 8.90. The van der Waals surface area contributed by atoms with Crippen molar-refractivity contribution in [2.45, 2.75) is 39.2 Å². The molecule has 0 radical (unpaired) electrons. The van der Waals surface area contributed by atoms with Crippen LogP contribution in [-0.2, 0) is 5.41 Å². The molecule has 2 aromatic rings. The Morgan fingerprint density at radius 2 is 1.65 bits per heavy atom. The fourth-order valence-corrected chi connectivity index (χ4v) is 3.13. The fraction of sp³-hybridized carbons (Fsp3) is 0.381. The Labute approximate surface area is 160 Å². The van der Waals surface area contributed by atoms with Crippen LogP contribution in [0.4, 0.5) is 5.69 Å². The molecule has 0 aliphatic carbocycles. The minimum Gasteiger partial charge on any atom is -0.486 e. The van der Waals surface area contributed by atoms with Crippen molar-refractivity contribution in [2.75, 3.05) is 18.5 Å². The maximum absolute atomic E-state index is 5.61. The number of ether oxygens (including phenoxy) is 2. The van der Waals surface area contributed by atoms with Crippen molar-refractivity contribution in [1.29, 1.82) is 0 Å². The number of thiocarbonyl (C=S) groups is 1. The average Bonchev–Trinajstić information content (AvgIpc) is 2.61. The van der Waals surface area contributed by atoms with E-state index in [0.717, 1.165) is 17.2 Å². The number of rotatable bonds is 3. The Hall–Kier alpha value is -2.27. The molecule has 1 atom stereocenters. The van der Waals surface area contributed by atoms with E-state index in [1.807, 2.05) is 18.2 Å². The highest BCUT2D eigenvalue weighted by Gasteiger charge is 2.15. The molecule has 0 fully saturated rings. The summed E-state index contributed by atoms with van der Waals surface area (Å²) >= 11 is 5.46. The van der Waals surface area contributed by atoms with Crippen LogP contribution in [0, 0.1) is 0 Å². The molecule has 0 saturated heterocycles. The summed E-state index contributed by atoms with van der Waals surface area (Å²) in [7, 11) is 0. The van der Waals surface area contributed by atoms with Gasteiger partial charge in [0.05, 0.1) is 6.04 Å². The van der Waals surface area contributed by atoms with Gasteiger partial charge in [0.2, 0.25) is 0 Å². The van der Waals surface area contributed by atoms with Gasteiger partial charge in [0.1, 0.15) is 13.2 Å². The summed E-state index contributed by atoms with van der Waals surface area (Å²) in [5, 5.41) is 7.12. The van der Waals surface area contributed by atoms with Crippen molar-refractivity contribution < 1.29 is 9.47 Å². The maximum atomic E-state index is 5.61. The van der Waals surface area contributed by atoms with E-state index < -0.39 is 0 Å². The molecule has 2 N–H and O–H groups in total. The van der Waals surface area contributed by atoms with Gasteiger partial charge in [-0.05, 0) is 47.8 Å². The quantitative estimate of drug-likeness (QED) is 0.760. The van der Waals surface area contributed by atoms with Crippen LogP contribution in [0.25, 0.3) is 0 Å². The molecule has 0 saturated carbocycles. The van der Waals surface area contributed by atoms with Crippen molar-refractivity contribution in [3.8, 4) is 11.5 Å². The summed E-state index contributed by atoms with van der Waals surface area (Å²) in [4.78, 5) is 0. The van der Waals surface area contributed by atoms with Gasteiger partial charge in [0.15, 0.2) is 16.6 Å². The molecular formula is C21H26N2O2S. The first kappa shape index (κ1) is 18.5. The van der Waals surface area contributed by atoms with Crippen molar-refractivity contribution in [3.63, 3.8) is 0 Å². The van der Waals surface area contributed by atoms with Crippen LogP contribution in [-0.4, -0.2) is 18.3 Å². The van der Waals surface area contributed by atoms with Gasteiger partial charge in [-0.2, -0.15) is 0 Å². The lowest BCUT2D eigenvalue weighted by molar-refractivity contribution is 0.171. The van der Waals surface area contributed by atoms with E-state index in [9.17, 15) is 0 Å². The van der Waals surface area contributed by atoms with Crippen LogP contribution in [0.5, 0.6) is 11.5 Å². The lowest BCUT2D eigenvalue weighted by atomic mass is 9.86. The maximum Gasteiger partial charge on any atom is 0.171 e. The van der Waals surface area contributed by atoms with Crippen molar-refractivity contribution in [3.05, 3.63) is 53.6 Å². The third-order valence-corrected chi connectivity index (χ3v) is 4.64. The predicted molar refractivity (Wildman–Crippen MR) is 110 cm³/mol. The lowest BCUT2D eigenvalue weighted by Crippen LogP contribution is -2.31. The molecule has 5 heteroatoms. The molecule has 2 aromatic carbocycles. The summed E-state index contributed by atoms with van der Waals surface area (Å²) in [5.74, 6) is 1.52. The van der Waals surface area contributed by atoms with E-state index in [-0.39, 0.29) is 11.5 Å². The Bertz CT molecular complexity index is 782. The van der Waals surface area contributed by atoms with E-state index in [2.05, 4.69) is 62.6 Å². The van der Waals surface area contributed by atoms with E-state index in [1.54, 1.807) is 0 Å². The molecule has 1 aliphatic heterocycles. The summed E-state index contributed by atoms with van der Waals surface area (Å²) in [6.45, 7) is 9.91. The van der Waals surface area contributed by atoms with Gasteiger partial charge in [-0.3, -0.25) is 0 Å². The van der Waals surface area contributed by atoms with Crippen LogP contribution in [0.1, 0.15) is 44.9 Å². The second-order valence-electron chi connectivity index (χ2n) is 7.55. The first-order chi connectivity index (χ1) is 12.3. The normalized spacial score (nSPS) is 14.5. The molecule has 0 spiro atoms. The van der Waals surface area contributed by atoms with Gasteiger partial charge in [0, 0.05) is 11.8 Å². The number of hydrogen-bond acceptors (Lipinski definition) is 3. The van der Waals surface area contributed by atoms with E-state index in [0.29, 0.717) is 18.3 Å². The minimum absolute atomic E-state index is 0.112. The molecule has 0 unspecified atom stereocenters. The SMILES string of the molecule is C[C@H](NC(=S)Nc1ccc2c(c1)OCCO2)c1ccc(C(C)(C)C)cc1. The molecule has 138 valence electrons. The highest BCUT2D eigenvalue weighted by atomic mass is 32.1. The molecule has 3 rings (SSSR count). The monoisotopic (exact) mass is 370 g/mol. The zero-order valence-corrected chi connectivity index (χ0v) is 16.6. The zero-order chi connectivity index (χ0) is 18.7. The topological polar surface area (TPSA) is 42.5 Å². The van der Waals surface area contributed by atoms with Crippen molar-refractivity contribution in [2.24, 2.45) is 0 Å². The van der Waals surface area contributed by atoms with Gasteiger partial charge in [-0.1, -0.05) is 45.0 Å². The van der Waals surface area contributed by atoms with Gasteiger partial charge in [0.25, 0.3) is 0 Å². The standard InChI is InChI=1S/C21H26N2O2S/c1-14(15-5-7-16(8-6-15)21(2,3)4)22-20(26)23-17-9-10-18-19(13-17)25-12-11-24-18/h5-10,13-14H,11-12H2,1-4H3,(H2,22,23,26)/t14-/m0/s1. The zero-order valence-electron chi connectivity index (χ0n) is 15.8. The number of hydrogen-bond donors (Lipinski definition) is 2. The van der Waals surface area contributed by atoms with Crippen LogP contribution in [0.15, 0.2) is 42.5 Å². The van der Waals surface area contributed by atoms with Crippen molar-refractivity contribution >= 4 is 23.0 Å². The average molecular weight is 371 g/mol. The lowest BCUT2D eigenvalue weighted by Gasteiger charge is -2.22. The summed E-state index contributed by atoms with van der Waals surface area (Å²) in [6, 6.07) is 14.5. The largest absolute Gasteiger partial charge is 0.486 e. The number of nitrogens with one attached hydrogen (secondary N) is 2. The Morgan fingerprint density at radius 3 is 2.31 bits per heavy atom. The number of anilines is 1. The number of fused-ring (bicyclic) bond motifs is 1. The molecule has 4 nitrogen and oxygen atoms in total. The minimum atomic E-state index is 0.112. The van der Waals surface area contributed by atoms with Crippen LogP contribution in [0.3, 0.4) is 0 Å². The van der Waals surface area contributed by atoms with E-state index in [1.165, 1.54) is 11.1 Å². The Kier molecular flexibility index (Phi) is 5.37. The highest BCUT2D eigenvalue weighted by Crippen LogP contribution is 2.32. The van der Waals surface area contributed by atoms with Crippen LogP contribution < -0.4 is 20.1 Å².